The number of hydrogen-bond acceptors (Lipinski definition) is 4. The molecular formula is C16H16N2O3. The summed E-state index contributed by atoms with van der Waals surface area (Å²) in [4.78, 5) is 27.3. The number of aryl methyl sites for hydroxylation is 1. The van der Waals surface area contributed by atoms with Crippen molar-refractivity contribution in [3.05, 3.63) is 53.7 Å². The van der Waals surface area contributed by atoms with E-state index in [0.717, 1.165) is 11.3 Å². The van der Waals surface area contributed by atoms with Crippen molar-refractivity contribution in [1.82, 2.24) is 4.98 Å². The first kappa shape index (κ1) is 14.7. The highest BCUT2D eigenvalue weighted by atomic mass is 16.5. The van der Waals surface area contributed by atoms with E-state index < -0.39 is 18.0 Å². The minimum atomic E-state index is -0.967. The largest absolute Gasteiger partial charge is 0.449 e. The lowest BCUT2D eigenvalue weighted by Gasteiger charge is -2.11. The van der Waals surface area contributed by atoms with E-state index in [1.54, 1.807) is 19.1 Å². The number of nitrogens with zero attached hydrogens (tertiary/aromatic N) is 1. The van der Waals surface area contributed by atoms with Gasteiger partial charge in [-0.1, -0.05) is 30.3 Å². The van der Waals surface area contributed by atoms with Crippen molar-refractivity contribution in [2.24, 2.45) is 5.73 Å². The fourth-order valence-electron chi connectivity index (χ4n) is 1.83. The number of hydrogen-bond donors (Lipinski definition) is 1. The quantitative estimate of drug-likeness (QED) is 0.871. The predicted molar refractivity (Wildman–Crippen MR) is 78.5 cm³/mol. The molecule has 0 spiro atoms. The van der Waals surface area contributed by atoms with Gasteiger partial charge in [0.1, 0.15) is 0 Å². The SMILES string of the molecule is Cc1nc(-c2ccccc2)ccc1C(=O)O[C@@H](C)C(N)=O. The first-order valence-electron chi connectivity index (χ1n) is 6.52. The van der Waals surface area contributed by atoms with Crippen molar-refractivity contribution in [2.45, 2.75) is 20.0 Å². The maximum atomic E-state index is 12.0. The molecule has 0 saturated heterocycles. The molecule has 1 aromatic carbocycles. The molecule has 1 atom stereocenters. The third-order valence-electron chi connectivity index (χ3n) is 3.06. The smallest absolute Gasteiger partial charge is 0.340 e. The van der Waals surface area contributed by atoms with Gasteiger partial charge < -0.3 is 10.5 Å². The number of primary amides is 1. The highest BCUT2D eigenvalue weighted by molar-refractivity contribution is 5.93. The fraction of sp³-hybridized carbons (Fsp3) is 0.188. The van der Waals surface area contributed by atoms with Crippen LogP contribution in [0, 0.1) is 6.92 Å². The third kappa shape index (κ3) is 3.45. The molecule has 1 amide bonds. The Hall–Kier alpha value is -2.69. The highest BCUT2D eigenvalue weighted by Gasteiger charge is 2.18. The number of esters is 1. The van der Waals surface area contributed by atoms with E-state index in [0.29, 0.717) is 11.3 Å². The number of nitrogens with two attached hydrogens (primary N) is 1. The summed E-state index contributed by atoms with van der Waals surface area (Å²) in [5.74, 6) is -1.29. The van der Waals surface area contributed by atoms with Gasteiger partial charge in [0.15, 0.2) is 6.10 Å². The summed E-state index contributed by atoms with van der Waals surface area (Å²) in [5.41, 5.74) is 7.67. The molecular weight excluding hydrogens is 268 g/mol. The zero-order valence-electron chi connectivity index (χ0n) is 11.9. The molecule has 2 rings (SSSR count). The van der Waals surface area contributed by atoms with Gasteiger partial charge in [-0.05, 0) is 26.0 Å². The first-order valence-corrected chi connectivity index (χ1v) is 6.52. The number of benzene rings is 1. The molecule has 2 aromatic rings. The zero-order valence-corrected chi connectivity index (χ0v) is 11.9. The lowest BCUT2D eigenvalue weighted by atomic mass is 10.1. The van der Waals surface area contributed by atoms with Crippen LogP contribution in [0.3, 0.4) is 0 Å². The van der Waals surface area contributed by atoms with Crippen LogP contribution in [0.5, 0.6) is 0 Å². The second-order valence-electron chi connectivity index (χ2n) is 4.65. The van der Waals surface area contributed by atoms with Gasteiger partial charge in [0.2, 0.25) is 0 Å². The van der Waals surface area contributed by atoms with Gasteiger partial charge in [-0.15, -0.1) is 0 Å². The van der Waals surface area contributed by atoms with Crippen LogP contribution in [0.25, 0.3) is 11.3 Å². The molecule has 21 heavy (non-hydrogen) atoms. The molecule has 0 aliphatic rings. The number of amides is 1. The third-order valence-corrected chi connectivity index (χ3v) is 3.06. The summed E-state index contributed by atoms with van der Waals surface area (Å²) in [5, 5.41) is 0. The molecule has 0 saturated carbocycles. The Bertz CT molecular complexity index is 668. The Labute approximate surface area is 122 Å². The van der Waals surface area contributed by atoms with Crippen LogP contribution in [0.4, 0.5) is 0 Å². The molecule has 0 fully saturated rings. The summed E-state index contributed by atoms with van der Waals surface area (Å²) in [7, 11) is 0. The van der Waals surface area contributed by atoms with Crippen LogP contribution >= 0.6 is 0 Å². The second kappa shape index (κ2) is 6.17. The standard InChI is InChI=1S/C16H16N2O3/c1-10-13(16(20)21-11(2)15(17)19)8-9-14(18-10)12-6-4-3-5-7-12/h3-9,11H,1-2H3,(H2,17,19)/t11-/m0/s1. The van der Waals surface area contributed by atoms with Crippen molar-refractivity contribution < 1.29 is 14.3 Å². The molecule has 1 heterocycles. The van der Waals surface area contributed by atoms with E-state index in [9.17, 15) is 9.59 Å². The topological polar surface area (TPSA) is 82.3 Å². The number of ether oxygens (including phenoxy) is 1. The molecule has 0 aliphatic heterocycles. The summed E-state index contributed by atoms with van der Waals surface area (Å²) < 4.78 is 4.97. The molecule has 108 valence electrons. The van der Waals surface area contributed by atoms with Gasteiger partial charge in [-0.2, -0.15) is 0 Å². The number of rotatable bonds is 4. The summed E-state index contributed by atoms with van der Waals surface area (Å²) in [6.45, 7) is 3.15. The van der Waals surface area contributed by atoms with E-state index >= 15 is 0 Å². The van der Waals surface area contributed by atoms with Gasteiger partial charge in [0.05, 0.1) is 17.0 Å². The molecule has 0 radical (unpaired) electrons. The van der Waals surface area contributed by atoms with Crippen molar-refractivity contribution in [3.8, 4) is 11.3 Å². The Morgan fingerprint density at radius 2 is 1.81 bits per heavy atom. The summed E-state index contributed by atoms with van der Waals surface area (Å²) in [6.07, 6.45) is -0.967. The molecule has 0 bridgehead atoms. The van der Waals surface area contributed by atoms with E-state index in [1.807, 2.05) is 30.3 Å². The molecule has 5 heteroatoms. The molecule has 0 aliphatic carbocycles. The van der Waals surface area contributed by atoms with Gasteiger partial charge in [0.25, 0.3) is 5.91 Å². The van der Waals surface area contributed by atoms with E-state index in [2.05, 4.69) is 4.98 Å². The lowest BCUT2D eigenvalue weighted by Crippen LogP contribution is -2.30. The van der Waals surface area contributed by atoms with Crippen LogP contribution in [-0.2, 0) is 9.53 Å². The predicted octanol–water partition coefficient (Wildman–Crippen LogP) is 2.09. The minimum Gasteiger partial charge on any atom is -0.449 e. The molecule has 0 unspecified atom stereocenters. The molecule has 1 aromatic heterocycles. The van der Waals surface area contributed by atoms with Crippen LogP contribution in [0.2, 0.25) is 0 Å². The van der Waals surface area contributed by atoms with Crippen molar-refractivity contribution in [2.75, 3.05) is 0 Å². The number of carbonyl (C=O) groups excluding carboxylic acids is 2. The highest BCUT2D eigenvalue weighted by Crippen LogP contribution is 2.19. The van der Waals surface area contributed by atoms with E-state index in [4.69, 9.17) is 10.5 Å². The van der Waals surface area contributed by atoms with E-state index in [-0.39, 0.29) is 0 Å². The van der Waals surface area contributed by atoms with Crippen LogP contribution in [0.15, 0.2) is 42.5 Å². The second-order valence-corrected chi connectivity index (χ2v) is 4.65. The van der Waals surface area contributed by atoms with Crippen LogP contribution in [-0.4, -0.2) is 23.0 Å². The number of aromatic nitrogens is 1. The Morgan fingerprint density at radius 3 is 2.38 bits per heavy atom. The number of carbonyl (C=O) groups is 2. The van der Waals surface area contributed by atoms with Crippen LogP contribution in [0.1, 0.15) is 23.0 Å². The van der Waals surface area contributed by atoms with Crippen molar-refractivity contribution in [3.63, 3.8) is 0 Å². The average molecular weight is 284 g/mol. The summed E-state index contributed by atoms with van der Waals surface area (Å²) >= 11 is 0. The zero-order chi connectivity index (χ0) is 15.4. The van der Waals surface area contributed by atoms with Gasteiger partial charge in [-0.3, -0.25) is 9.78 Å². The average Bonchev–Trinajstić information content (AvgIpc) is 2.47. The van der Waals surface area contributed by atoms with Crippen molar-refractivity contribution in [1.29, 1.82) is 0 Å². The van der Waals surface area contributed by atoms with Gasteiger partial charge >= 0.3 is 5.97 Å². The normalized spacial score (nSPS) is 11.7. The monoisotopic (exact) mass is 284 g/mol. The van der Waals surface area contributed by atoms with Gasteiger partial charge in [0, 0.05) is 5.56 Å². The maximum Gasteiger partial charge on any atom is 0.340 e. The Kier molecular flexibility index (Phi) is 4.33. The number of pyridine rings is 1. The minimum absolute atomic E-state index is 0.322. The Balaban J connectivity index is 2.24. The van der Waals surface area contributed by atoms with Gasteiger partial charge in [-0.25, -0.2) is 4.79 Å². The maximum absolute atomic E-state index is 12.0. The molecule has 5 nitrogen and oxygen atoms in total. The Morgan fingerprint density at radius 1 is 1.14 bits per heavy atom. The summed E-state index contributed by atoms with van der Waals surface area (Å²) in [6, 6.07) is 13.0. The first-order chi connectivity index (χ1) is 9.99. The molecule has 2 N–H and O–H groups in total. The van der Waals surface area contributed by atoms with E-state index in [1.165, 1.54) is 6.92 Å². The van der Waals surface area contributed by atoms with Crippen molar-refractivity contribution >= 4 is 11.9 Å². The fourth-order valence-corrected chi connectivity index (χ4v) is 1.83. The lowest BCUT2D eigenvalue weighted by molar-refractivity contribution is -0.125. The van der Waals surface area contributed by atoms with Crippen LogP contribution < -0.4 is 5.73 Å².